The summed E-state index contributed by atoms with van der Waals surface area (Å²) >= 11 is 0. The van der Waals surface area contributed by atoms with Gasteiger partial charge in [0.1, 0.15) is 0 Å². The van der Waals surface area contributed by atoms with Crippen molar-refractivity contribution in [1.82, 2.24) is 4.31 Å². The lowest BCUT2D eigenvalue weighted by atomic mass is 10.1. The zero-order chi connectivity index (χ0) is 22.0. The summed E-state index contributed by atoms with van der Waals surface area (Å²) in [7, 11) is -3.57. The number of carbonyl (C=O) groups is 1. The fourth-order valence-electron chi connectivity index (χ4n) is 4.08. The molecule has 31 heavy (non-hydrogen) atoms. The Hall–Kier alpha value is -2.96. The first kappa shape index (κ1) is 21.3. The molecule has 5 nitrogen and oxygen atoms in total. The lowest BCUT2D eigenvalue weighted by Crippen LogP contribution is -2.35. The Balaban J connectivity index is 1.53. The molecule has 3 aromatic carbocycles. The third-order valence-corrected chi connectivity index (χ3v) is 7.65. The lowest BCUT2D eigenvalue weighted by Gasteiger charge is -2.23. The molecule has 1 aliphatic heterocycles. The van der Waals surface area contributed by atoms with Crippen LogP contribution in [0, 0.1) is 0 Å². The first-order valence-corrected chi connectivity index (χ1v) is 11.9. The van der Waals surface area contributed by atoms with Gasteiger partial charge in [-0.1, -0.05) is 55.5 Å². The van der Waals surface area contributed by atoms with Crippen LogP contribution in [0.3, 0.4) is 0 Å². The molecule has 0 radical (unpaired) electrons. The summed E-state index contributed by atoms with van der Waals surface area (Å²) < 4.78 is 27.3. The van der Waals surface area contributed by atoms with Crippen LogP contribution in [0.5, 0.6) is 0 Å². The average Bonchev–Trinajstić information content (AvgIpc) is 3.13. The van der Waals surface area contributed by atoms with Crippen LogP contribution >= 0.6 is 0 Å². The van der Waals surface area contributed by atoms with E-state index in [0.717, 1.165) is 17.7 Å². The van der Waals surface area contributed by atoms with Crippen LogP contribution in [0.4, 0.5) is 5.69 Å². The molecule has 160 valence electrons. The van der Waals surface area contributed by atoms with Crippen LogP contribution in [0.2, 0.25) is 0 Å². The fourth-order valence-corrected chi connectivity index (χ4v) is 5.54. The first-order valence-electron chi connectivity index (χ1n) is 10.5. The van der Waals surface area contributed by atoms with Crippen LogP contribution in [0.1, 0.15) is 35.3 Å². The minimum absolute atomic E-state index is 0.0340. The minimum Gasteiger partial charge on any atom is -0.305 e. The van der Waals surface area contributed by atoms with Crippen LogP contribution < -0.4 is 4.90 Å². The topological polar surface area (TPSA) is 57.7 Å². The molecular formula is C25H26N2O3S. The Bertz CT molecular complexity index is 1170. The summed E-state index contributed by atoms with van der Waals surface area (Å²) in [5, 5.41) is 0. The molecule has 0 spiro atoms. The number of amides is 1. The summed E-state index contributed by atoms with van der Waals surface area (Å²) in [5.41, 5.74) is 3.59. The van der Waals surface area contributed by atoms with Crippen molar-refractivity contribution in [2.24, 2.45) is 0 Å². The number of fused-ring (bicyclic) bond motifs is 1. The highest BCUT2D eigenvalue weighted by molar-refractivity contribution is 7.89. The third kappa shape index (κ3) is 4.13. The van der Waals surface area contributed by atoms with Gasteiger partial charge in [0.2, 0.25) is 10.0 Å². The summed E-state index contributed by atoms with van der Waals surface area (Å²) in [6, 6.07) is 23.8. The Morgan fingerprint density at radius 1 is 0.968 bits per heavy atom. The van der Waals surface area contributed by atoms with Crippen molar-refractivity contribution >= 4 is 21.6 Å². The van der Waals surface area contributed by atoms with Gasteiger partial charge < -0.3 is 4.90 Å². The molecule has 1 atom stereocenters. The number of benzene rings is 3. The van der Waals surface area contributed by atoms with Crippen molar-refractivity contribution in [3.63, 3.8) is 0 Å². The Morgan fingerprint density at radius 2 is 1.61 bits per heavy atom. The summed E-state index contributed by atoms with van der Waals surface area (Å²) in [6.07, 6.45) is 0.850. The maximum absolute atomic E-state index is 13.2. The number of sulfonamides is 1. The minimum atomic E-state index is -3.57. The molecule has 4 rings (SSSR count). The molecule has 0 saturated heterocycles. The predicted molar refractivity (Wildman–Crippen MR) is 123 cm³/mol. The van der Waals surface area contributed by atoms with E-state index in [0.29, 0.717) is 12.1 Å². The second-order valence-electron chi connectivity index (χ2n) is 7.80. The molecule has 1 heterocycles. The maximum atomic E-state index is 13.2. The standard InChI is InChI=1S/C25H26N2O3S/c1-3-26(31(29,30)23-10-5-4-6-11-23)18-20-13-15-21(16-14-20)25(28)27-19(2)17-22-9-7-8-12-24(22)27/h4-16,19H,3,17-18H2,1-2H3/t19-/m1/s1. The van der Waals surface area contributed by atoms with Crippen LogP contribution in [-0.2, 0) is 23.0 Å². The van der Waals surface area contributed by atoms with Gasteiger partial charge in [-0.2, -0.15) is 4.31 Å². The number of carbonyl (C=O) groups excluding carboxylic acids is 1. The molecule has 1 amide bonds. The largest absolute Gasteiger partial charge is 0.305 e. The second-order valence-corrected chi connectivity index (χ2v) is 9.74. The molecule has 0 N–H and O–H groups in total. The monoisotopic (exact) mass is 434 g/mol. The SMILES string of the molecule is CCN(Cc1ccc(C(=O)N2c3ccccc3C[C@H]2C)cc1)S(=O)(=O)c1ccccc1. The molecule has 6 heteroatoms. The number of hydrogen-bond donors (Lipinski definition) is 0. The number of nitrogens with zero attached hydrogens (tertiary/aromatic N) is 2. The van der Waals surface area contributed by atoms with Gasteiger partial charge in [-0.3, -0.25) is 4.79 Å². The zero-order valence-electron chi connectivity index (χ0n) is 17.7. The van der Waals surface area contributed by atoms with E-state index in [1.807, 2.05) is 42.2 Å². The van der Waals surface area contributed by atoms with Gasteiger partial charge >= 0.3 is 0 Å². The van der Waals surface area contributed by atoms with Gasteiger partial charge in [-0.25, -0.2) is 8.42 Å². The lowest BCUT2D eigenvalue weighted by molar-refractivity contribution is 0.0981. The normalized spacial score (nSPS) is 15.8. The first-order chi connectivity index (χ1) is 14.9. The van der Waals surface area contributed by atoms with Gasteiger partial charge in [0.15, 0.2) is 0 Å². The number of para-hydroxylation sites is 1. The second kappa shape index (κ2) is 8.65. The summed E-state index contributed by atoms with van der Waals surface area (Å²) in [4.78, 5) is 15.3. The van der Waals surface area contributed by atoms with Crippen molar-refractivity contribution in [1.29, 1.82) is 0 Å². The van der Waals surface area contributed by atoms with Crippen LogP contribution in [-0.4, -0.2) is 31.2 Å². The van der Waals surface area contributed by atoms with E-state index in [1.54, 1.807) is 42.5 Å². The van der Waals surface area contributed by atoms with E-state index >= 15 is 0 Å². The van der Waals surface area contributed by atoms with E-state index in [-0.39, 0.29) is 23.4 Å². The number of rotatable bonds is 6. The summed E-state index contributed by atoms with van der Waals surface area (Å²) in [5.74, 6) is -0.0340. The maximum Gasteiger partial charge on any atom is 0.258 e. The van der Waals surface area contributed by atoms with Crippen molar-refractivity contribution in [2.75, 3.05) is 11.4 Å². The highest BCUT2D eigenvalue weighted by Gasteiger charge is 2.31. The highest BCUT2D eigenvalue weighted by atomic mass is 32.2. The quantitative estimate of drug-likeness (QED) is 0.574. The van der Waals surface area contributed by atoms with E-state index in [1.165, 1.54) is 9.87 Å². The summed E-state index contributed by atoms with van der Waals surface area (Å²) in [6.45, 7) is 4.50. The molecule has 0 aromatic heterocycles. The van der Waals surface area contributed by atoms with Crippen LogP contribution in [0.25, 0.3) is 0 Å². The van der Waals surface area contributed by atoms with E-state index < -0.39 is 10.0 Å². The molecule has 0 bridgehead atoms. The van der Waals surface area contributed by atoms with Gasteiger partial charge in [0.05, 0.1) is 4.90 Å². The molecule has 0 unspecified atom stereocenters. The Labute approximate surface area is 184 Å². The average molecular weight is 435 g/mol. The molecular weight excluding hydrogens is 408 g/mol. The molecule has 0 aliphatic carbocycles. The zero-order valence-corrected chi connectivity index (χ0v) is 18.5. The molecule has 3 aromatic rings. The molecule has 0 saturated carbocycles. The fraction of sp³-hybridized carbons (Fsp3) is 0.240. The number of anilines is 1. The van der Waals surface area contributed by atoms with Gasteiger partial charge in [0, 0.05) is 30.4 Å². The van der Waals surface area contributed by atoms with Crippen molar-refractivity contribution in [3.8, 4) is 0 Å². The Kier molecular flexibility index (Phi) is 5.94. The van der Waals surface area contributed by atoms with Gasteiger partial charge in [0.25, 0.3) is 5.91 Å². The van der Waals surface area contributed by atoms with Gasteiger partial charge in [-0.15, -0.1) is 0 Å². The van der Waals surface area contributed by atoms with Crippen molar-refractivity contribution < 1.29 is 13.2 Å². The third-order valence-electron chi connectivity index (χ3n) is 5.72. The highest BCUT2D eigenvalue weighted by Crippen LogP contribution is 2.33. The van der Waals surface area contributed by atoms with Gasteiger partial charge in [-0.05, 0) is 54.8 Å². The molecule has 0 fully saturated rings. The molecule has 1 aliphatic rings. The van der Waals surface area contributed by atoms with Crippen LogP contribution in [0.15, 0.2) is 83.8 Å². The van der Waals surface area contributed by atoms with E-state index in [9.17, 15) is 13.2 Å². The number of hydrogen-bond acceptors (Lipinski definition) is 3. The van der Waals surface area contributed by atoms with Crippen molar-refractivity contribution in [3.05, 3.63) is 95.6 Å². The van der Waals surface area contributed by atoms with E-state index in [2.05, 4.69) is 13.0 Å². The smallest absolute Gasteiger partial charge is 0.258 e. The van der Waals surface area contributed by atoms with Crippen molar-refractivity contribution in [2.45, 2.75) is 37.8 Å². The Morgan fingerprint density at radius 3 is 2.29 bits per heavy atom. The van der Waals surface area contributed by atoms with E-state index in [4.69, 9.17) is 0 Å². The predicted octanol–water partition coefficient (Wildman–Crippen LogP) is 4.49.